The fourth-order valence-corrected chi connectivity index (χ4v) is 7.36. The van der Waals surface area contributed by atoms with Crippen LogP contribution < -0.4 is 0 Å². The molecule has 0 bridgehead atoms. The maximum Gasteiger partial charge on any atom is 0.508 e. The number of hydrogen-bond donors (Lipinski definition) is 0. The van der Waals surface area contributed by atoms with Crippen molar-refractivity contribution >= 4 is 24.1 Å². The summed E-state index contributed by atoms with van der Waals surface area (Å²) in [6.07, 6.45) is 28.4. The monoisotopic (exact) mass is 894 g/mol. The largest absolute Gasteiger partial charge is 0.508 e. The Balaban J connectivity index is 2.66. The molecular formula is C51H91NO11. The van der Waals surface area contributed by atoms with Gasteiger partial charge in [-0.3, -0.25) is 14.4 Å². The number of carbonyl (C=O) groups excluding carboxylic acids is 4. The van der Waals surface area contributed by atoms with E-state index >= 15 is 0 Å². The lowest BCUT2D eigenvalue weighted by Crippen LogP contribution is -2.37. The number of rotatable bonds is 41. The van der Waals surface area contributed by atoms with E-state index in [1.54, 1.807) is 0 Å². The zero-order valence-corrected chi connectivity index (χ0v) is 40.6. The van der Waals surface area contributed by atoms with Crippen LogP contribution in [0.5, 0.6) is 0 Å². The van der Waals surface area contributed by atoms with Gasteiger partial charge in [0.2, 0.25) is 0 Å². The van der Waals surface area contributed by atoms with Crippen molar-refractivity contribution in [3.63, 3.8) is 0 Å². The standard InChI is InChI=1S/C51H91NO11/c1-6-11-15-18-20-25-36-57-49(58-37-26-21-19-16-12-7-2)34-33-48(54)61-42-45(43-63-51(56)62-40-44-29-28-35-52(10-5)39-44)41-60-47(53)32-24-22-27-38-59-50(55)46(30-14-9-4)31-23-17-13-8-3/h11-12,15-16,44-46,49H,6-10,13-14,17-43H2,1-5H3/b15-11-,16-12-. The first kappa shape index (κ1) is 58.1. The van der Waals surface area contributed by atoms with Crippen LogP contribution in [0.2, 0.25) is 0 Å². The van der Waals surface area contributed by atoms with Crippen molar-refractivity contribution in [2.24, 2.45) is 17.8 Å². The van der Waals surface area contributed by atoms with Gasteiger partial charge in [-0.2, -0.15) is 0 Å². The van der Waals surface area contributed by atoms with Crippen LogP contribution >= 0.6 is 0 Å². The first-order chi connectivity index (χ1) is 30.8. The van der Waals surface area contributed by atoms with Gasteiger partial charge in [0.25, 0.3) is 0 Å². The summed E-state index contributed by atoms with van der Waals surface area (Å²) in [4.78, 5) is 53.5. The zero-order chi connectivity index (χ0) is 46.0. The predicted molar refractivity (Wildman–Crippen MR) is 250 cm³/mol. The van der Waals surface area contributed by atoms with Crippen LogP contribution in [-0.2, 0) is 47.5 Å². The molecule has 366 valence electrons. The van der Waals surface area contributed by atoms with Crippen LogP contribution in [-0.4, -0.2) is 101 Å². The Hall–Kier alpha value is -2.96. The minimum absolute atomic E-state index is 0.0331. The lowest BCUT2D eigenvalue weighted by molar-refractivity contribution is -0.161. The van der Waals surface area contributed by atoms with Gasteiger partial charge < -0.3 is 38.1 Å². The van der Waals surface area contributed by atoms with Crippen LogP contribution in [0.25, 0.3) is 0 Å². The number of hydrogen-bond acceptors (Lipinski definition) is 12. The van der Waals surface area contributed by atoms with Crippen molar-refractivity contribution in [1.82, 2.24) is 4.90 Å². The molecule has 3 unspecified atom stereocenters. The van der Waals surface area contributed by atoms with Gasteiger partial charge in [0.05, 0.1) is 31.5 Å². The molecule has 1 fully saturated rings. The van der Waals surface area contributed by atoms with Gasteiger partial charge in [0, 0.05) is 38.5 Å². The van der Waals surface area contributed by atoms with Gasteiger partial charge in [-0.25, -0.2) is 4.79 Å². The second kappa shape index (κ2) is 41.7. The van der Waals surface area contributed by atoms with Crippen LogP contribution in [0.4, 0.5) is 4.79 Å². The average Bonchev–Trinajstić information content (AvgIpc) is 3.29. The van der Waals surface area contributed by atoms with E-state index < -0.39 is 30.3 Å². The first-order valence-electron chi connectivity index (χ1n) is 25.3. The zero-order valence-electron chi connectivity index (χ0n) is 40.6. The summed E-state index contributed by atoms with van der Waals surface area (Å²) in [5.74, 6) is -1.29. The number of carbonyl (C=O) groups is 4. The molecule has 0 amide bonds. The predicted octanol–water partition coefficient (Wildman–Crippen LogP) is 11.9. The van der Waals surface area contributed by atoms with Crippen molar-refractivity contribution in [2.75, 3.05) is 65.9 Å². The molecule has 1 aliphatic heterocycles. The van der Waals surface area contributed by atoms with Gasteiger partial charge in [-0.05, 0) is 109 Å². The summed E-state index contributed by atoms with van der Waals surface area (Å²) < 4.78 is 39.9. The Morgan fingerprint density at radius 1 is 0.587 bits per heavy atom. The molecule has 0 aromatic heterocycles. The topological polar surface area (TPSA) is 136 Å². The highest BCUT2D eigenvalue weighted by atomic mass is 16.7. The normalized spacial score (nSPS) is 15.5. The molecule has 0 aromatic carbocycles. The fourth-order valence-electron chi connectivity index (χ4n) is 7.36. The van der Waals surface area contributed by atoms with E-state index in [4.69, 9.17) is 33.2 Å². The van der Waals surface area contributed by atoms with Crippen molar-refractivity contribution in [1.29, 1.82) is 0 Å². The van der Waals surface area contributed by atoms with Crippen molar-refractivity contribution in [2.45, 2.75) is 195 Å². The SMILES string of the molecule is CC/C=C\CCCCOC(CCC(=O)OCC(COC(=O)CCCCCOC(=O)C(CCCC)CCCCCC)COC(=O)OCC1CCCN(CC)C1)OCCCC/C=C\CC. The molecule has 1 saturated heterocycles. The Morgan fingerprint density at radius 3 is 1.83 bits per heavy atom. The molecule has 12 heteroatoms. The number of piperidine rings is 1. The van der Waals surface area contributed by atoms with Crippen LogP contribution in [0.3, 0.4) is 0 Å². The lowest BCUT2D eigenvalue weighted by atomic mass is 9.95. The van der Waals surface area contributed by atoms with E-state index in [1.165, 1.54) is 12.8 Å². The van der Waals surface area contributed by atoms with Gasteiger partial charge in [0.15, 0.2) is 6.29 Å². The van der Waals surface area contributed by atoms with Crippen molar-refractivity contribution in [3.8, 4) is 0 Å². The Kier molecular flexibility index (Phi) is 38.5. The molecule has 0 aromatic rings. The summed E-state index contributed by atoms with van der Waals surface area (Å²) in [6, 6.07) is 0. The highest BCUT2D eigenvalue weighted by molar-refractivity contribution is 5.72. The lowest BCUT2D eigenvalue weighted by Gasteiger charge is -2.31. The highest BCUT2D eigenvalue weighted by Crippen LogP contribution is 2.20. The molecule has 0 saturated carbocycles. The van der Waals surface area contributed by atoms with Crippen molar-refractivity contribution in [3.05, 3.63) is 24.3 Å². The van der Waals surface area contributed by atoms with E-state index in [0.29, 0.717) is 45.5 Å². The minimum atomic E-state index is -0.792. The minimum Gasteiger partial charge on any atom is -0.465 e. The molecule has 0 spiro atoms. The molecule has 1 aliphatic rings. The smallest absolute Gasteiger partial charge is 0.465 e. The van der Waals surface area contributed by atoms with Crippen LogP contribution in [0.15, 0.2) is 24.3 Å². The second-order valence-corrected chi connectivity index (χ2v) is 17.1. The van der Waals surface area contributed by atoms with Gasteiger partial charge in [-0.15, -0.1) is 0 Å². The molecule has 0 aliphatic carbocycles. The number of allylic oxidation sites excluding steroid dienone is 4. The van der Waals surface area contributed by atoms with Crippen molar-refractivity contribution < 1.29 is 52.3 Å². The van der Waals surface area contributed by atoms with Gasteiger partial charge in [0.1, 0.15) is 19.8 Å². The summed E-state index contributed by atoms with van der Waals surface area (Å²) in [5, 5.41) is 0. The molecule has 1 rings (SSSR count). The third kappa shape index (κ3) is 34.1. The highest BCUT2D eigenvalue weighted by Gasteiger charge is 2.23. The molecule has 0 N–H and O–H groups in total. The van der Waals surface area contributed by atoms with E-state index in [9.17, 15) is 19.2 Å². The molecule has 0 radical (unpaired) electrons. The number of esters is 3. The third-order valence-corrected chi connectivity index (χ3v) is 11.3. The van der Waals surface area contributed by atoms with E-state index in [-0.39, 0.29) is 57.1 Å². The number of unbranched alkanes of at least 4 members (excludes halogenated alkanes) is 10. The van der Waals surface area contributed by atoms with Gasteiger partial charge >= 0.3 is 24.1 Å². The summed E-state index contributed by atoms with van der Waals surface area (Å²) in [5.41, 5.74) is 0. The quantitative estimate of drug-likeness (QED) is 0.0190. The Bertz CT molecular complexity index is 1170. The first-order valence-corrected chi connectivity index (χ1v) is 25.3. The Labute approximate surface area is 383 Å². The molecule has 3 atom stereocenters. The maximum absolute atomic E-state index is 13.0. The average molecular weight is 894 g/mol. The second-order valence-electron chi connectivity index (χ2n) is 17.1. The summed E-state index contributed by atoms with van der Waals surface area (Å²) in [6.45, 7) is 15.0. The number of nitrogens with zero attached hydrogens (tertiary/aromatic N) is 1. The fraction of sp³-hybridized carbons (Fsp3) is 0.843. The van der Waals surface area contributed by atoms with Gasteiger partial charge in [-0.1, -0.05) is 97.4 Å². The summed E-state index contributed by atoms with van der Waals surface area (Å²) >= 11 is 0. The number of likely N-dealkylation sites (tertiary alicyclic amines) is 1. The molecule has 12 nitrogen and oxygen atoms in total. The maximum atomic E-state index is 13.0. The Morgan fingerprint density at radius 2 is 1.19 bits per heavy atom. The third-order valence-electron chi connectivity index (χ3n) is 11.3. The van der Waals surface area contributed by atoms with Crippen LogP contribution in [0, 0.1) is 17.8 Å². The van der Waals surface area contributed by atoms with E-state index in [0.717, 1.165) is 122 Å². The van der Waals surface area contributed by atoms with E-state index in [2.05, 4.69) is 63.8 Å². The summed E-state index contributed by atoms with van der Waals surface area (Å²) in [7, 11) is 0. The molecule has 1 heterocycles. The molecule has 63 heavy (non-hydrogen) atoms. The van der Waals surface area contributed by atoms with E-state index in [1.807, 2.05) is 0 Å². The number of ether oxygens (including phenoxy) is 7. The molecular weight excluding hydrogens is 803 g/mol. The van der Waals surface area contributed by atoms with Crippen LogP contribution in [0.1, 0.15) is 189 Å².